The van der Waals surface area contributed by atoms with Gasteiger partial charge in [-0.1, -0.05) is 15.9 Å². The van der Waals surface area contributed by atoms with Crippen LogP contribution in [0.2, 0.25) is 0 Å². The van der Waals surface area contributed by atoms with Gasteiger partial charge in [-0.25, -0.2) is 0 Å². The number of hydrogen-bond acceptors (Lipinski definition) is 4. The average Bonchev–Trinajstić information content (AvgIpc) is 2.30. The summed E-state index contributed by atoms with van der Waals surface area (Å²) in [5, 5.41) is 13.9. The second-order valence-electron chi connectivity index (χ2n) is 3.40. The molecule has 0 fully saturated rings. The Morgan fingerprint density at radius 3 is 2.94 bits per heavy atom. The van der Waals surface area contributed by atoms with Crippen molar-refractivity contribution in [1.29, 1.82) is 0 Å². The zero-order valence-corrected chi connectivity index (χ0v) is 11.2. The second-order valence-corrected chi connectivity index (χ2v) is 4.31. The van der Waals surface area contributed by atoms with Crippen LogP contribution >= 0.6 is 15.9 Å². The van der Waals surface area contributed by atoms with Crippen LogP contribution in [0.3, 0.4) is 0 Å². The Morgan fingerprint density at radius 1 is 1.53 bits per heavy atom. The third kappa shape index (κ3) is 4.70. The molecule has 1 aromatic rings. The number of anilines is 1. The van der Waals surface area contributed by atoms with Crippen molar-refractivity contribution >= 4 is 27.3 Å². The van der Waals surface area contributed by atoms with Crippen molar-refractivity contribution in [3.8, 4) is 0 Å². The number of ether oxygens (including phenoxy) is 1. The van der Waals surface area contributed by atoms with Gasteiger partial charge in [-0.2, -0.15) is 0 Å². The first-order chi connectivity index (χ1) is 8.15. The van der Waals surface area contributed by atoms with Crippen molar-refractivity contribution in [2.75, 3.05) is 25.1 Å². The fraction of sp³-hybridized carbons (Fsp3) is 0.455. The summed E-state index contributed by atoms with van der Waals surface area (Å²) in [6.07, 6.45) is 0.820. The minimum Gasteiger partial charge on any atom is -0.382 e. The predicted molar refractivity (Wildman–Crippen MR) is 70.4 cm³/mol. The highest BCUT2D eigenvalue weighted by Gasteiger charge is 2.13. The van der Waals surface area contributed by atoms with E-state index < -0.39 is 4.92 Å². The molecule has 0 spiro atoms. The molecular weight excluding hydrogens is 288 g/mol. The summed E-state index contributed by atoms with van der Waals surface area (Å²) in [6, 6.07) is 4.96. The van der Waals surface area contributed by atoms with Crippen LogP contribution in [0, 0.1) is 10.1 Å². The van der Waals surface area contributed by atoms with E-state index in [-0.39, 0.29) is 5.69 Å². The van der Waals surface area contributed by atoms with Crippen molar-refractivity contribution in [2.24, 2.45) is 0 Å². The molecule has 17 heavy (non-hydrogen) atoms. The average molecular weight is 303 g/mol. The van der Waals surface area contributed by atoms with E-state index >= 15 is 0 Å². The summed E-state index contributed by atoms with van der Waals surface area (Å²) in [6.45, 7) is 3.95. The summed E-state index contributed by atoms with van der Waals surface area (Å²) < 4.78 is 5.89. The van der Waals surface area contributed by atoms with Gasteiger partial charge in [0.2, 0.25) is 0 Å². The fourth-order valence-corrected chi connectivity index (χ4v) is 1.70. The normalized spacial score (nSPS) is 10.2. The third-order valence-electron chi connectivity index (χ3n) is 2.14. The molecule has 0 aliphatic heterocycles. The summed E-state index contributed by atoms with van der Waals surface area (Å²) in [5.41, 5.74) is 0.616. The van der Waals surface area contributed by atoms with Crippen LogP contribution in [0.15, 0.2) is 22.7 Å². The molecule has 1 rings (SSSR count). The van der Waals surface area contributed by atoms with Crippen LogP contribution in [-0.2, 0) is 4.74 Å². The lowest BCUT2D eigenvalue weighted by molar-refractivity contribution is -0.384. The molecule has 0 saturated heterocycles. The van der Waals surface area contributed by atoms with E-state index in [1.54, 1.807) is 12.1 Å². The molecule has 0 bridgehead atoms. The molecule has 6 heteroatoms. The predicted octanol–water partition coefficient (Wildman–Crippen LogP) is 3.20. The molecule has 0 heterocycles. The number of nitro groups is 1. The summed E-state index contributed by atoms with van der Waals surface area (Å²) >= 11 is 3.21. The molecule has 0 saturated carbocycles. The van der Waals surface area contributed by atoms with Crippen molar-refractivity contribution in [2.45, 2.75) is 13.3 Å². The number of benzene rings is 1. The van der Waals surface area contributed by atoms with Gasteiger partial charge in [-0.05, 0) is 25.5 Å². The Morgan fingerprint density at radius 2 is 2.29 bits per heavy atom. The van der Waals surface area contributed by atoms with Crippen LogP contribution in [0.1, 0.15) is 13.3 Å². The van der Waals surface area contributed by atoms with Crippen molar-refractivity contribution in [3.63, 3.8) is 0 Å². The number of rotatable bonds is 7. The van der Waals surface area contributed by atoms with Crippen LogP contribution in [-0.4, -0.2) is 24.7 Å². The van der Waals surface area contributed by atoms with E-state index in [1.807, 2.05) is 6.92 Å². The number of nitro benzene ring substituents is 1. The third-order valence-corrected chi connectivity index (χ3v) is 2.63. The molecule has 94 valence electrons. The van der Waals surface area contributed by atoms with Gasteiger partial charge in [0, 0.05) is 30.3 Å². The summed E-state index contributed by atoms with van der Waals surface area (Å²) in [7, 11) is 0. The molecule has 0 unspecified atom stereocenters. The Kier molecular flexibility index (Phi) is 5.93. The molecule has 0 aromatic heterocycles. The van der Waals surface area contributed by atoms with Gasteiger partial charge in [0.1, 0.15) is 5.69 Å². The highest BCUT2D eigenvalue weighted by atomic mass is 79.9. The van der Waals surface area contributed by atoms with Gasteiger partial charge in [0.15, 0.2) is 0 Å². The monoisotopic (exact) mass is 302 g/mol. The largest absolute Gasteiger partial charge is 0.382 e. The molecule has 0 radical (unpaired) electrons. The van der Waals surface area contributed by atoms with E-state index in [0.29, 0.717) is 29.9 Å². The van der Waals surface area contributed by atoms with E-state index in [9.17, 15) is 10.1 Å². The highest BCUT2D eigenvalue weighted by molar-refractivity contribution is 9.10. The standard InChI is InChI=1S/C11H15BrN2O3/c1-2-17-7-3-6-13-10-5-4-9(12)8-11(10)14(15)16/h4-5,8,13H,2-3,6-7H2,1H3. The maximum Gasteiger partial charge on any atom is 0.293 e. The van der Waals surface area contributed by atoms with Crippen molar-refractivity contribution in [1.82, 2.24) is 0 Å². The lowest BCUT2D eigenvalue weighted by Crippen LogP contribution is -2.07. The van der Waals surface area contributed by atoms with Gasteiger partial charge in [-0.15, -0.1) is 0 Å². The molecule has 0 aliphatic rings. The fourth-order valence-electron chi connectivity index (χ4n) is 1.35. The minimum absolute atomic E-state index is 0.0794. The van der Waals surface area contributed by atoms with E-state index in [1.165, 1.54) is 6.07 Å². The number of halogens is 1. The van der Waals surface area contributed by atoms with Gasteiger partial charge in [-0.3, -0.25) is 10.1 Å². The second kappa shape index (κ2) is 7.24. The van der Waals surface area contributed by atoms with Crippen LogP contribution in [0.5, 0.6) is 0 Å². The first kappa shape index (κ1) is 13.9. The van der Waals surface area contributed by atoms with Crippen molar-refractivity contribution in [3.05, 3.63) is 32.8 Å². The van der Waals surface area contributed by atoms with Gasteiger partial charge in [0.25, 0.3) is 5.69 Å². The van der Waals surface area contributed by atoms with Gasteiger partial charge >= 0.3 is 0 Å². The zero-order valence-electron chi connectivity index (χ0n) is 9.61. The van der Waals surface area contributed by atoms with E-state index in [0.717, 1.165) is 6.42 Å². The quantitative estimate of drug-likeness (QED) is 0.477. The maximum absolute atomic E-state index is 10.8. The number of nitrogens with zero attached hydrogens (tertiary/aromatic N) is 1. The number of hydrogen-bond donors (Lipinski definition) is 1. The van der Waals surface area contributed by atoms with Crippen LogP contribution in [0.4, 0.5) is 11.4 Å². The Labute approximate surface area is 108 Å². The number of nitrogens with one attached hydrogen (secondary N) is 1. The molecule has 0 atom stereocenters. The van der Waals surface area contributed by atoms with Crippen LogP contribution in [0.25, 0.3) is 0 Å². The van der Waals surface area contributed by atoms with E-state index in [4.69, 9.17) is 4.74 Å². The lowest BCUT2D eigenvalue weighted by atomic mass is 10.2. The lowest BCUT2D eigenvalue weighted by Gasteiger charge is -2.07. The Hall–Kier alpha value is -1.14. The smallest absolute Gasteiger partial charge is 0.293 e. The topological polar surface area (TPSA) is 64.4 Å². The molecule has 0 amide bonds. The summed E-state index contributed by atoms with van der Waals surface area (Å²) in [5.74, 6) is 0. The highest BCUT2D eigenvalue weighted by Crippen LogP contribution is 2.27. The van der Waals surface area contributed by atoms with Crippen LogP contribution < -0.4 is 5.32 Å². The molecule has 5 nitrogen and oxygen atoms in total. The van der Waals surface area contributed by atoms with E-state index in [2.05, 4.69) is 21.2 Å². The molecule has 1 N–H and O–H groups in total. The van der Waals surface area contributed by atoms with Gasteiger partial charge in [0.05, 0.1) is 4.92 Å². The molecule has 1 aromatic carbocycles. The molecule has 0 aliphatic carbocycles. The van der Waals surface area contributed by atoms with Crippen molar-refractivity contribution < 1.29 is 9.66 Å². The Bertz CT molecular complexity index is 385. The summed E-state index contributed by atoms with van der Waals surface area (Å²) in [4.78, 5) is 10.4. The maximum atomic E-state index is 10.8. The first-order valence-corrected chi connectivity index (χ1v) is 6.20. The zero-order chi connectivity index (χ0) is 12.7. The minimum atomic E-state index is -0.393. The SMILES string of the molecule is CCOCCCNc1ccc(Br)cc1[N+](=O)[O-]. The van der Waals surface area contributed by atoms with Gasteiger partial charge < -0.3 is 10.1 Å². The molecular formula is C11H15BrN2O3. The first-order valence-electron chi connectivity index (χ1n) is 5.40. The Balaban J connectivity index is 2.55.